The van der Waals surface area contributed by atoms with E-state index in [1.54, 1.807) is 24.3 Å². The van der Waals surface area contributed by atoms with E-state index in [-0.39, 0.29) is 17.8 Å². The quantitative estimate of drug-likeness (QED) is 0.819. The standard InChI is InChI=1S/C14H15ClN4O2S/c15-9-3-1-4-10(7-9)16-12(20)8-22-14-17-13(18-19-14)11-5-2-6-21-11/h1,3-4,7,11H,2,5-6,8H2,(H,16,20)(H,17,18,19)/t11-/m1/s1. The first kappa shape index (κ1) is 15.3. The number of hydrogen-bond acceptors (Lipinski definition) is 5. The highest BCUT2D eigenvalue weighted by molar-refractivity contribution is 7.99. The highest BCUT2D eigenvalue weighted by atomic mass is 35.5. The van der Waals surface area contributed by atoms with E-state index in [1.165, 1.54) is 11.8 Å². The zero-order chi connectivity index (χ0) is 15.4. The molecule has 116 valence electrons. The van der Waals surface area contributed by atoms with Crippen molar-refractivity contribution in [1.82, 2.24) is 15.2 Å². The number of ether oxygens (including phenoxy) is 1. The van der Waals surface area contributed by atoms with Crippen LogP contribution in [0.2, 0.25) is 5.02 Å². The molecule has 2 heterocycles. The lowest BCUT2D eigenvalue weighted by Crippen LogP contribution is -2.14. The molecule has 2 N–H and O–H groups in total. The van der Waals surface area contributed by atoms with Gasteiger partial charge < -0.3 is 10.1 Å². The molecule has 1 aliphatic heterocycles. The predicted octanol–water partition coefficient (Wildman–Crippen LogP) is 3.04. The van der Waals surface area contributed by atoms with Crippen LogP contribution in [0.15, 0.2) is 29.4 Å². The summed E-state index contributed by atoms with van der Waals surface area (Å²) in [6.07, 6.45) is 1.99. The molecule has 22 heavy (non-hydrogen) atoms. The van der Waals surface area contributed by atoms with Crippen LogP contribution < -0.4 is 5.32 Å². The third kappa shape index (κ3) is 4.00. The summed E-state index contributed by atoms with van der Waals surface area (Å²) in [4.78, 5) is 16.3. The van der Waals surface area contributed by atoms with Gasteiger partial charge in [0.2, 0.25) is 11.1 Å². The van der Waals surface area contributed by atoms with Gasteiger partial charge in [-0.2, -0.15) is 0 Å². The Morgan fingerprint density at radius 2 is 2.45 bits per heavy atom. The van der Waals surface area contributed by atoms with Crippen LogP contribution in [0.5, 0.6) is 0 Å². The summed E-state index contributed by atoms with van der Waals surface area (Å²) in [5, 5.41) is 10.9. The Morgan fingerprint density at radius 3 is 3.23 bits per heavy atom. The van der Waals surface area contributed by atoms with Crippen molar-refractivity contribution in [3.8, 4) is 0 Å². The highest BCUT2D eigenvalue weighted by Gasteiger charge is 2.21. The average molecular weight is 339 g/mol. The van der Waals surface area contributed by atoms with Crippen molar-refractivity contribution in [2.24, 2.45) is 0 Å². The number of anilines is 1. The number of H-pyrrole nitrogens is 1. The largest absolute Gasteiger partial charge is 0.370 e. The molecule has 8 heteroatoms. The first-order chi connectivity index (χ1) is 10.7. The highest BCUT2D eigenvalue weighted by Crippen LogP contribution is 2.27. The van der Waals surface area contributed by atoms with E-state index >= 15 is 0 Å². The molecule has 0 saturated carbocycles. The normalized spacial score (nSPS) is 17.6. The minimum Gasteiger partial charge on any atom is -0.370 e. The summed E-state index contributed by atoms with van der Waals surface area (Å²) >= 11 is 7.15. The van der Waals surface area contributed by atoms with Gasteiger partial charge in [0, 0.05) is 17.3 Å². The van der Waals surface area contributed by atoms with E-state index in [0.29, 0.717) is 15.9 Å². The van der Waals surface area contributed by atoms with Crippen LogP contribution in [-0.4, -0.2) is 33.4 Å². The number of benzene rings is 1. The van der Waals surface area contributed by atoms with E-state index < -0.39 is 0 Å². The number of thioether (sulfide) groups is 1. The molecule has 3 rings (SSSR count). The smallest absolute Gasteiger partial charge is 0.234 e. The third-order valence-electron chi connectivity index (χ3n) is 3.16. The fourth-order valence-electron chi connectivity index (χ4n) is 2.15. The van der Waals surface area contributed by atoms with Crippen molar-refractivity contribution < 1.29 is 9.53 Å². The molecule has 0 unspecified atom stereocenters. The second-order valence-corrected chi connectivity index (χ2v) is 6.23. The summed E-state index contributed by atoms with van der Waals surface area (Å²) in [6.45, 7) is 0.760. The number of carbonyl (C=O) groups excluding carboxylic acids is 1. The Kier molecular flexibility index (Phi) is 4.97. The van der Waals surface area contributed by atoms with Gasteiger partial charge in [-0.3, -0.25) is 9.89 Å². The number of rotatable bonds is 5. The zero-order valence-corrected chi connectivity index (χ0v) is 13.3. The van der Waals surface area contributed by atoms with Crippen LogP contribution in [0.1, 0.15) is 24.8 Å². The molecule has 1 fully saturated rings. The van der Waals surface area contributed by atoms with E-state index in [0.717, 1.165) is 25.3 Å². The Bertz CT molecular complexity index is 658. The summed E-state index contributed by atoms with van der Waals surface area (Å²) in [5.74, 6) is 0.834. The van der Waals surface area contributed by atoms with Crippen LogP contribution in [0.3, 0.4) is 0 Å². The number of nitrogens with zero attached hydrogens (tertiary/aromatic N) is 2. The molecule has 0 spiro atoms. The Morgan fingerprint density at radius 1 is 1.55 bits per heavy atom. The number of carbonyl (C=O) groups is 1. The topological polar surface area (TPSA) is 79.9 Å². The van der Waals surface area contributed by atoms with Gasteiger partial charge in [0.05, 0.1) is 5.75 Å². The monoisotopic (exact) mass is 338 g/mol. The van der Waals surface area contributed by atoms with Gasteiger partial charge in [0.15, 0.2) is 5.82 Å². The Hall–Kier alpha value is -1.57. The van der Waals surface area contributed by atoms with E-state index in [1.807, 2.05) is 0 Å². The number of nitrogens with one attached hydrogen (secondary N) is 2. The Balaban J connectivity index is 1.50. The van der Waals surface area contributed by atoms with E-state index in [2.05, 4.69) is 20.5 Å². The molecule has 1 atom stereocenters. The molecule has 1 aromatic heterocycles. The lowest BCUT2D eigenvalue weighted by molar-refractivity contribution is -0.113. The minimum absolute atomic E-state index is 0.00198. The molecule has 0 radical (unpaired) electrons. The van der Waals surface area contributed by atoms with Gasteiger partial charge in [-0.25, -0.2) is 4.98 Å². The molecular weight excluding hydrogens is 324 g/mol. The number of aromatic nitrogens is 3. The van der Waals surface area contributed by atoms with Crippen molar-refractivity contribution in [1.29, 1.82) is 0 Å². The molecule has 0 aliphatic carbocycles. The molecule has 1 amide bonds. The lowest BCUT2D eigenvalue weighted by Gasteiger charge is -2.04. The van der Waals surface area contributed by atoms with Crippen molar-refractivity contribution in [3.63, 3.8) is 0 Å². The maximum absolute atomic E-state index is 11.9. The van der Waals surface area contributed by atoms with Crippen LogP contribution in [-0.2, 0) is 9.53 Å². The van der Waals surface area contributed by atoms with Crippen LogP contribution in [0, 0.1) is 0 Å². The summed E-state index contributed by atoms with van der Waals surface area (Å²) in [6, 6.07) is 7.03. The molecule has 6 nitrogen and oxygen atoms in total. The van der Waals surface area contributed by atoms with Crippen LogP contribution in [0.25, 0.3) is 0 Å². The number of aromatic amines is 1. The van der Waals surface area contributed by atoms with Gasteiger partial charge in [-0.1, -0.05) is 29.4 Å². The summed E-state index contributed by atoms with van der Waals surface area (Å²) < 4.78 is 5.53. The molecule has 0 bridgehead atoms. The molecule has 1 aliphatic rings. The van der Waals surface area contributed by atoms with E-state index in [4.69, 9.17) is 16.3 Å². The number of hydrogen-bond donors (Lipinski definition) is 2. The molecular formula is C14H15ClN4O2S. The van der Waals surface area contributed by atoms with Crippen molar-refractivity contribution in [2.75, 3.05) is 17.7 Å². The molecule has 1 aromatic carbocycles. The van der Waals surface area contributed by atoms with Gasteiger partial charge in [-0.15, -0.1) is 5.10 Å². The van der Waals surface area contributed by atoms with Gasteiger partial charge in [0.1, 0.15) is 6.10 Å². The average Bonchev–Trinajstić information content (AvgIpc) is 3.16. The maximum atomic E-state index is 11.9. The SMILES string of the molecule is O=C(CSc1n[nH]c([C@H]2CCCO2)n1)Nc1cccc(Cl)c1. The fourth-order valence-corrected chi connectivity index (χ4v) is 2.95. The van der Waals surface area contributed by atoms with Gasteiger partial charge >= 0.3 is 0 Å². The number of amides is 1. The minimum atomic E-state index is -0.129. The van der Waals surface area contributed by atoms with Crippen LogP contribution in [0.4, 0.5) is 5.69 Å². The fraction of sp³-hybridized carbons (Fsp3) is 0.357. The Labute approximate surface area is 137 Å². The molecule has 1 saturated heterocycles. The van der Waals surface area contributed by atoms with Crippen molar-refractivity contribution >= 4 is 35.0 Å². The summed E-state index contributed by atoms with van der Waals surface area (Å²) in [7, 11) is 0. The van der Waals surface area contributed by atoms with E-state index in [9.17, 15) is 4.79 Å². The molecule has 2 aromatic rings. The summed E-state index contributed by atoms with van der Waals surface area (Å²) in [5.41, 5.74) is 0.674. The third-order valence-corrected chi connectivity index (χ3v) is 4.24. The van der Waals surface area contributed by atoms with Gasteiger partial charge in [-0.05, 0) is 31.0 Å². The second kappa shape index (κ2) is 7.13. The second-order valence-electron chi connectivity index (χ2n) is 4.85. The zero-order valence-electron chi connectivity index (χ0n) is 11.7. The predicted molar refractivity (Wildman–Crippen MR) is 85.1 cm³/mol. The van der Waals surface area contributed by atoms with Crippen molar-refractivity contribution in [3.05, 3.63) is 35.1 Å². The number of halogens is 1. The van der Waals surface area contributed by atoms with Crippen LogP contribution >= 0.6 is 23.4 Å². The first-order valence-corrected chi connectivity index (χ1v) is 8.29. The first-order valence-electron chi connectivity index (χ1n) is 6.93. The van der Waals surface area contributed by atoms with Crippen molar-refractivity contribution in [2.45, 2.75) is 24.1 Å². The lowest BCUT2D eigenvalue weighted by atomic mass is 10.2. The van der Waals surface area contributed by atoms with Gasteiger partial charge in [0.25, 0.3) is 0 Å². The maximum Gasteiger partial charge on any atom is 0.234 e.